The molecule has 42 heavy (non-hydrogen) atoms. The molecule has 0 fully saturated rings. The van der Waals surface area contributed by atoms with Crippen LogP contribution in [0.1, 0.15) is 70.2 Å². The van der Waals surface area contributed by atoms with Crippen LogP contribution in [0.3, 0.4) is 0 Å². The summed E-state index contributed by atoms with van der Waals surface area (Å²) in [5, 5.41) is 32.6. The molecule has 3 N–H and O–H groups in total. The molecule has 3 atom stereocenters. The molecule has 0 heterocycles. The Labute approximate surface area is 252 Å². The van der Waals surface area contributed by atoms with Gasteiger partial charge in [0.15, 0.2) is 0 Å². The topological polar surface area (TPSA) is 60.7 Å². The number of hydrogen-bond acceptors (Lipinski definition) is 3. The lowest BCUT2D eigenvalue weighted by Gasteiger charge is -2.42. The predicted octanol–water partition coefficient (Wildman–Crippen LogP) is 10.6. The number of allylic oxidation sites excluding steroid dienone is 7. The Morgan fingerprint density at radius 3 is 2.07 bits per heavy atom. The molecular weight excluding hydrogens is 516 g/mol. The molecule has 0 saturated carbocycles. The number of aliphatic hydroxyl groups is 2. The van der Waals surface area contributed by atoms with E-state index < -0.39 is 5.41 Å². The zero-order valence-electron chi connectivity index (χ0n) is 25.9. The third-order valence-corrected chi connectivity index (χ3v) is 8.04. The molecule has 3 aromatic carbocycles. The zero-order valence-corrected chi connectivity index (χ0v) is 25.9. The van der Waals surface area contributed by atoms with Gasteiger partial charge in [-0.2, -0.15) is 0 Å². The van der Waals surface area contributed by atoms with E-state index in [0.717, 1.165) is 39.0 Å². The van der Waals surface area contributed by atoms with Gasteiger partial charge in [0, 0.05) is 17.4 Å². The highest BCUT2D eigenvalue weighted by Crippen LogP contribution is 2.50. The fourth-order valence-electron chi connectivity index (χ4n) is 6.02. The van der Waals surface area contributed by atoms with Gasteiger partial charge >= 0.3 is 0 Å². The van der Waals surface area contributed by atoms with E-state index in [2.05, 4.69) is 62.9 Å². The minimum Gasteiger partial charge on any atom is -0.512 e. The number of fused-ring (bicyclic) bond motifs is 1. The summed E-state index contributed by atoms with van der Waals surface area (Å²) in [6.45, 7) is 16.4. The maximum Gasteiger partial charge on any atom is 0.120 e. The average molecular weight is 563 g/mol. The van der Waals surface area contributed by atoms with Crippen LogP contribution in [-0.2, 0) is 11.8 Å². The fraction of sp³-hybridized carbons (Fsp3) is 0.282. The van der Waals surface area contributed by atoms with Crippen LogP contribution in [0.15, 0.2) is 121 Å². The minimum atomic E-state index is -0.712. The highest BCUT2D eigenvalue weighted by molar-refractivity contribution is 5.70. The monoisotopic (exact) mass is 562 g/mol. The van der Waals surface area contributed by atoms with Crippen molar-refractivity contribution in [2.75, 3.05) is 0 Å². The molecule has 0 aliphatic heterocycles. The van der Waals surface area contributed by atoms with Crippen molar-refractivity contribution in [2.45, 2.75) is 59.8 Å². The van der Waals surface area contributed by atoms with Crippen molar-refractivity contribution in [2.24, 2.45) is 11.8 Å². The van der Waals surface area contributed by atoms with Crippen LogP contribution in [0.5, 0.6) is 5.75 Å². The number of phenols is 1. The smallest absolute Gasteiger partial charge is 0.120 e. The highest BCUT2D eigenvalue weighted by Gasteiger charge is 2.43. The normalized spacial score (nSPS) is 21.9. The van der Waals surface area contributed by atoms with Gasteiger partial charge in [-0.1, -0.05) is 127 Å². The molecular formula is C39H46O3. The molecule has 0 bridgehead atoms. The van der Waals surface area contributed by atoms with E-state index in [0.29, 0.717) is 18.6 Å². The van der Waals surface area contributed by atoms with Crippen molar-refractivity contribution in [3.63, 3.8) is 0 Å². The van der Waals surface area contributed by atoms with E-state index in [1.807, 2.05) is 70.2 Å². The predicted molar refractivity (Wildman–Crippen MR) is 179 cm³/mol. The number of hydrogen-bond donors (Lipinski definition) is 3. The van der Waals surface area contributed by atoms with Gasteiger partial charge in [0.1, 0.15) is 11.5 Å². The van der Waals surface area contributed by atoms with Crippen molar-refractivity contribution >= 4 is 6.08 Å². The van der Waals surface area contributed by atoms with Crippen LogP contribution in [0.2, 0.25) is 0 Å². The molecule has 220 valence electrons. The van der Waals surface area contributed by atoms with Gasteiger partial charge in [0.25, 0.3) is 0 Å². The Kier molecular flexibility index (Phi) is 11.2. The highest BCUT2D eigenvalue weighted by atomic mass is 16.3. The molecule has 0 radical (unpaired) electrons. The second kappa shape index (κ2) is 14.6. The Morgan fingerprint density at radius 1 is 0.762 bits per heavy atom. The molecule has 0 spiro atoms. The third-order valence-electron chi connectivity index (χ3n) is 8.04. The Hall–Kier alpha value is -4.24. The van der Waals surface area contributed by atoms with Gasteiger partial charge < -0.3 is 15.3 Å². The van der Waals surface area contributed by atoms with E-state index in [-0.39, 0.29) is 23.3 Å². The third kappa shape index (κ3) is 6.79. The maximum absolute atomic E-state index is 11.5. The summed E-state index contributed by atoms with van der Waals surface area (Å²) in [6, 6.07) is 22.5. The van der Waals surface area contributed by atoms with Crippen molar-refractivity contribution in [1.82, 2.24) is 0 Å². The van der Waals surface area contributed by atoms with Gasteiger partial charge in [-0.15, -0.1) is 0 Å². The molecule has 3 heteroatoms. The molecule has 3 aromatic rings. The lowest BCUT2D eigenvalue weighted by molar-refractivity contribution is 0.324. The lowest BCUT2D eigenvalue weighted by atomic mass is 9.61. The number of aryl methyl sites for hydroxylation is 1. The zero-order chi connectivity index (χ0) is 30.9. The van der Waals surface area contributed by atoms with Crippen LogP contribution < -0.4 is 0 Å². The van der Waals surface area contributed by atoms with Crippen molar-refractivity contribution in [3.05, 3.63) is 143 Å². The summed E-state index contributed by atoms with van der Waals surface area (Å²) < 4.78 is 0. The Morgan fingerprint density at radius 2 is 1.40 bits per heavy atom. The first-order valence-corrected chi connectivity index (χ1v) is 15.1. The number of rotatable bonds is 4. The van der Waals surface area contributed by atoms with Crippen LogP contribution in [-0.4, -0.2) is 15.3 Å². The number of aromatic hydroxyl groups is 1. The van der Waals surface area contributed by atoms with Crippen LogP contribution >= 0.6 is 0 Å². The summed E-state index contributed by atoms with van der Waals surface area (Å²) in [5.74, 6) is 0.455. The first-order chi connectivity index (χ1) is 20.3. The van der Waals surface area contributed by atoms with Gasteiger partial charge in [-0.25, -0.2) is 0 Å². The fourth-order valence-corrected chi connectivity index (χ4v) is 6.02. The van der Waals surface area contributed by atoms with Crippen molar-refractivity contribution in [3.8, 4) is 16.9 Å². The molecule has 5 rings (SSSR count). The molecule has 3 unspecified atom stereocenters. The van der Waals surface area contributed by atoms with Crippen LogP contribution in [0.4, 0.5) is 0 Å². The number of phenolic OH excluding ortho intramolecular Hbond substituents is 1. The first kappa shape index (κ1) is 32.3. The van der Waals surface area contributed by atoms with Gasteiger partial charge in [0.05, 0.1) is 5.76 Å². The van der Waals surface area contributed by atoms with Crippen LogP contribution in [0.25, 0.3) is 17.2 Å². The van der Waals surface area contributed by atoms with Gasteiger partial charge in [-0.05, 0) is 75.9 Å². The lowest BCUT2D eigenvalue weighted by Crippen LogP contribution is -2.37. The summed E-state index contributed by atoms with van der Waals surface area (Å²) >= 11 is 0. The summed E-state index contributed by atoms with van der Waals surface area (Å²) in [4.78, 5) is 0. The number of benzene rings is 3. The second-order valence-electron chi connectivity index (χ2n) is 10.6. The quantitative estimate of drug-likeness (QED) is 0.296. The van der Waals surface area contributed by atoms with Gasteiger partial charge in [0.2, 0.25) is 0 Å². The van der Waals surface area contributed by atoms with E-state index in [9.17, 15) is 15.3 Å². The molecule has 0 saturated heterocycles. The van der Waals surface area contributed by atoms with E-state index in [1.54, 1.807) is 18.2 Å². The standard InChI is InChI=1S/C35H34O3.2C2H6/c1-23-9-17-29(36)21-24(2)32(19-10-23)35(3,28-15-11-26(12-16-28)25-7-5-4-6-8-25)34-31-22-30(37)18-13-27(31)14-20-33(34)38;2*1-2/h4-12,14-17,19-22,24,32,36-38H,1,13,18H2,2-3H3;2*1-2H3/b17-9-,19-10-,29-21+;;. The first-order valence-electron chi connectivity index (χ1n) is 15.1. The van der Waals surface area contributed by atoms with Crippen LogP contribution in [0, 0.1) is 11.8 Å². The maximum atomic E-state index is 11.5. The van der Waals surface area contributed by atoms with Crippen molar-refractivity contribution < 1.29 is 15.3 Å². The van der Waals surface area contributed by atoms with Crippen molar-refractivity contribution in [1.29, 1.82) is 0 Å². The van der Waals surface area contributed by atoms with E-state index in [1.165, 1.54) is 0 Å². The molecule has 3 nitrogen and oxygen atoms in total. The summed E-state index contributed by atoms with van der Waals surface area (Å²) in [7, 11) is 0. The SMILES string of the molecule is C=C1/C=C\C(O)=C/C(C)C(C(C)(c2ccc(-c3ccccc3)cc2)c2c(O)ccc3c2C=C(O)CC3)/C=C\1.CC.CC. The van der Waals surface area contributed by atoms with E-state index >= 15 is 0 Å². The Balaban J connectivity index is 0.00000116. The van der Waals surface area contributed by atoms with E-state index in [4.69, 9.17) is 0 Å². The minimum absolute atomic E-state index is 0.0861. The molecule has 0 amide bonds. The molecule has 0 aromatic heterocycles. The summed E-state index contributed by atoms with van der Waals surface area (Å²) in [6.07, 6.45) is 12.6. The second-order valence-corrected chi connectivity index (χ2v) is 10.6. The average Bonchev–Trinajstić information content (AvgIpc) is 3.08. The molecule has 2 aliphatic carbocycles. The largest absolute Gasteiger partial charge is 0.512 e. The Bertz CT molecular complexity index is 1470. The number of aliphatic hydroxyl groups excluding tert-OH is 2. The molecule has 2 aliphatic rings. The summed E-state index contributed by atoms with van der Waals surface area (Å²) in [5.41, 5.74) is 6.10. The van der Waals surface area contributed by atoms with Gasteiger partial charge in [-0.3, -0.25) is 0 Å².